The van der Waals surface area contributed by atoms with E-state index in [1.54, 1.807) is 6.92 Å². The number of carbonyl (C=O) groups is 4. The number of nitrogens with one attached hydrogen (secondary N) is 4. The highest BCUT2D eigenvalue weighted by atomic mass is 16.2. The summed E-state index contributed by atoms with van der Waals surface area (Å²) in [6, 6.07) is 0. The Balaban J connectivity index is 3.69. The van der Waals surface area contributed by atoms with Crippen LogP contribution in [-0.2, 0) is 19.2 Å². The summed E-state index contributed by atoms with van der Waals surface area (Å²) in [6.07, 6.45) is 0. The summed E-state index contributed by atoms with van der Waals surface area (Å²) >= 11 is 0. The third-order valence-electron chi connectivity index (χ3n) is 1.90. The van der Waals surface area contributed by atoms with Crippen molar-refractivity contribution in [3.05, 3.63) is 0 Å². The molecule has 9 heteroatoms. The molecule has 0 aromatic heterocycles. The van der Waals surface area contributed by atoms with Crippen molar-refractivity contribution in [1.29, 1.82) is 0 Å². The van der Waals surface area contributed by atoms with Crippen molar-refractivity contribution < 1.29 is 19.2 Å². The molecule has 0 bridgehead atoms. The molecule has 9 nitrogen and oxygen atoms in total. The van der Waals surface area contributed by atoms with Gasteiger partial charge in [0.25, 0.3) is 0 Å². The quantitative estimate of drug-likeness (QED) is 0.311. The van der Waals surface area contributed by atoms with E-state index in [0.29, 0.717) is 6.54 Å². The van der Waals surface area contributed by atoms with Crippen LogP contribution in [0.4, 0.5) is 0 Å². The molecule has 0 aromatic rings. The number of carbonyl (C=O) groups excluding carboxylic acids is 4. The van der Waals surface area contributed by atoms with Gasteiger partial charge in [-0.3, -0.25) is 19.2 Å². The fourth-order valence-corrected chi connectivity index (χ4v) is 0.993. The molecule has 0 fully saturated rings. The second-order valence-electron chi connectivity index (χ2n) is 3.49. The van der Waals surface area contributed by atoms with E-state index in [1.165, 1.54) is 0 Å². The molecule has 19 heavy (non-hydrogen) atoms. The van der Waals surface area contributed by atoms with Gasteiger partial charge in [0.1, 0.15) is 0 Å². The maximum atomic E-state index is 11.2. The van der Waals surface area contributed by atoms with Gasteiger partial charge in [0.15, 0.2) is 0 Å². The van der Waals surface area contributed by atoms with Gasteiger partial charge in [-0.25, -0.2) is 0 Å². The SMILES string of the molecule is CCNC(=O)CNC(=O)CNC(=O)CNC(=O)CN. The van der Waals surface area contributed by atoms with Crippen LogP contribution < -0.4 is 27.0 Å². The van der Waals surface area contributed by atoms with Gasteiger partial charge in [-0.05, 0) is 6.92 Å². The molecule has 0 saturated heterocycles. The van der Waals surface area contributed by atoms with Crippen LogP contribution in [0.2, 0.25) is 0 Å². The maximum absolute atomic E-state index is 11.2. The third-order valence-corrected chi connectivity index (χ3v) is 1.90. The molecule has 0 aromatic carbocycles. The largest absolute Gasteiger partial charge is 0.355 e. The molecule has 0 aliphatic heterocycles. The molecule has 0 aliphatic rings. The lowest BCUT2D eigenvalue weighted by Gasteiger charge is -2.07. The molecule has 0 spiro atoms. The molecule has 0 aliphatic carbocycles. The average Bonchev–Trinajstić information content (AvgIpc) is 2.40. The number of likely N-dealkylation sites (N-methyl/N-ethyl adjacent to an activating group) is 1. The Morgan fingerprint density at radius 1 is 0.737 bits per heavy atom. The van der Waals surface area contributed by atoms with Crippen LogP contribution in [-0.4, -0.2) is 56.4 Å². The number of hydrogen-bond acceptors (Lipinski definition) is 5. The molecule has 0 saturated carbocycles. The van der Waals surface area contributed by atoms with E-state index in [2.05, 4.69) is 21.3 Å². The van der Waals surface area contributed by atoms with Crippen molar-refractivity contribution >= 4 is 23.6 Å². The van der Waals surface area contributed by atoms with E-state index in [9.17, 15) is 19.2 Å². The van der Waals surface area contributed by atoms with Gasteiger partial charge < -0.3 is 27.0 Å². The molecular weight excluding hydrogens is 254 g/mol. The first-order valence-electron chi connectivity index (χ1n) is 5.76. The fraction of sp³-hybridized carbons (Fsp3) is 0.600. The van der Waals surface area contributed by atoms with Gasteiger partial charge in [0.2, 0.25) is 23.6 Å². The minimum atomic E-state index is -0.519. The van der Waals surface area contributed by atoms with Crippen molar-refractivity contribution in [2.75, 3.05) is 32.7 Å². The van der Waals surface area contributed by atoms with Crippen LogP contribution >= 0.6 is 0 Å². The van der Waals surface area contributed by atoms with E-state index in [-0.39, 0.29) is 32.1 Å². The number of rotatable bonds is 8. The zero-order chi connectivity index (χ0) is 14.7. The Morgan fingerprint density at radius 2 is 1.11 bits per heavy atom. The Morgan fingerprint density at radius 3 is 1.47 bits per heavy atom. The number of amides is 4. The lowest BCUT2D eigenvalue weighted by Crippen LogP contribution is -2.44. The first kappa shape index (κ1) is 16.8. The van der Waals surface area contributed by atoms with Gasteiger partial charge in [0, 0.05) is 6.54 Å². The minimum Gasteiger partial charge on any atom is -0.355 e. The van der Waals surface area contributed by atoms with Crippen LogP contribution in [0.1, 0.15) is 6.92 Å². The predicted octanol–water partition coefficient (Wildman–Crippen LogP) is -3.57. The van der Waals surface area contributed by atoms with E-state index in [4.69, 9.17) is 5.73 Å². The van der Waals surface area contributed by atoms with Gasteiger partial charge in [-0.1, -0.05) is 0 Å². The maximum Gasteiger partial charge on any atom is 0.239 e. The summed E-state index contributed by atoms with van der Waals surface area (Å²) < 4.78 is 0. The van der Waals surface area contributed by atoms with Gasteiger partial charge >= 0.3 is 0 Å². The van der Waals surface area contributed by atoms with Crippen molar-refractivity contribution in [3.8, 4) is 0 Å². The van der Waals surface area contributed by atoms with Crippen LogP contribution in [0, 0.1) is 0 Å². The van der Waals surface area contributed by atoms with Crippen molar-refractivity contribution in [1.82, 2.24) is 21.3 Å². The summed E-state index contributed by atoms with van der Waals surface area (Å²) in [5.74, 6) is -1.78. The number of hydrogen-bond donors (Lipinski definition) is 5. The first-order chi connectivity index (χ1) is 8.99. The highest BCUT2D eigenvalue weighted by Crippen LogP contribution is 1.70. The standard InChI is InChI=1S/C10H19N5O4/c1-2-12-8(17)4-14-10(19)6-15-9(18)5-13-7(16)3-11/h2-6,11H2,1H3,(H,12,17)(H,13,16)(H,14,19)(H,15,18). The van der Waals surface area contributed by atoms with Gasteiger partial charge in [-0.2, -0.15) is 0 Å². The second-order valence-corrected chi connectivity index (χ2v) is 3.49. The lowest BCUT2D eigenvalue weighted by molar-refractivity contribution is -0.128. The highest BCUT2D eigenvalue weighted by molar-refractivity contribution is 5.90. The zero-order valence-electron chi connectivity index (χ0n) is 10.7. The van der Waals surface area contributed by atoms with Crippen molar-refractivity contribution in [2.45, 2.75) is 6.92 Å². The molecule has 108 valence electrons. The van der Waals surface area contributed by atoms with Crippen LogP contribution in [0.5, 0.6) is 0 Å². The summed E-state index contributed by atoms with van der Waals surface area (Å²) in [4.78, 5) is 44.2. The molecular formula is C10H19N5O4. The van der Waals surface area contributed by atoms with E-state index >= 15 is 0 Å². The Hall–Kier alpha value is -2.16. The van der Waals surface area contributed by atoms with Gasteiger partial charge in [0.05, 0.1) is 26.2 Å². The predicted molar refractivity (Wildman–Crippen MR) is 66.8 cm³/mol. The Bertz CT molecular complexity index is 345. The molecule has 0 unspecified atom stereocenters. The summed E-state index contributed by atoms with van der Waals surface area (Å²) in [6.45, 7) is 1.37. The van der Waals surface area contributed by atoms with E-state index < -0.39 is 17.7 Å². The molecule has 0 radical (unpaired) electrons. The first-order valence-corrected chi connectivity index (χ1v) is 5.76. The van der Waals surface area contributed by atoms with Crippen LogP contribution in [0.15, 0.2) is 0 Å². The summed E-state index contributed by atoms with van der Waals surface area (Å²) in [7, 11) is 0. The number of nitrogens with two attached hydrogens (primary N) is 1. The molecule has 0 heterocycles. The normalized spacial score (nSPS) is 9.37. The Kier molecular flexibility index (Phi) is 8.71. The average molecular weight is 273 g/mol. The third kappa shape index (κ3) is 9.53. The van der Waals surface area contributed by atoms with Gasteiger partial charge in [-0.15, -0.1) is 0 Å². The Labute approximate surface area is 110 Å². The molecule has 0 atom stereocenters. The van der Waals surface area contributed by atoms with Crippen LogP contribution in [0.25, 0.3) is 0 Å². The van der Waals surface area contributed by atoms with Crippen LogP contribution in [0.3, 0.4) is 0 Å². The van der Waals surface area contributed by atoms with Crippen molar-refractivity contribution in [3.63, 3.8) is 0 Å². The molecule has 0 rings (SSSR count). The van der Waals surface area contributed by atoms with Crippen molar-refractivity contribution in [2.24, 2.45) is 5.73 Å². The topological polar surface area (TPSA) is 142 Å². The minimum absolute atomic E-state index is 0.146. The summed E-state index contributed by atoms with van der Waals surface area (Å²) in [5.41, 5.74) is 5.03. The van der Waals surface area contributed by atoms with E-state index in [0.717, 1.165) is 0 Å². The summed E-state index contributed by atoms with van der Waals surface area (Å²) in [5, 5.41) is 9.36. The molecule has 4 amide bonds. The zero-order valence-corrected chi connectivity index (χ0v) is 10.7. The lowest BCUT2D eigenvalue weighted by atomic mass is 10.4. The highest BCUT2D eigenvalue weighted by Gasteiger charge is 2.07. The molecule has 6 N–H and O–H groups in total. The monoisotopic (exact) mass is 273 g/mol. The fourth-order valence-electron chi connectivity index (χ4n) is 0.993. The smallest absolute Gasteiger partial charge is 0.239 e. The second kappa shape index (κ2) is 9.83. The van der Waals surface area contributed by atoms with E-state index in [1.807, 2.05) is 0 Å².